The van der Waals surface area contributed by atoms with Crippen molar-refractivity contribution < 1.29 is 19.1 Å². The van der Waals surface area contributed by atoms with Gasteiger partial charge in [0.25, 0.3) is 0 Å². The fourth-order valence-corrected chi connectivity index (χ4v) is 9.22. The third kappa shape index (κ3) is 10.4. The van der Waals surface area contributed by atoms with Gasteiger partial charge in [-0.3, -0.25) is 9.59 Å². The van der Waals surface area contributed by atoms with Crippen LogP contribution in [0, 0.1) is 51.8 Å². The Kier molecular flexibility index (Phi) is 14.0. The molecule has 2 fully saturated rings. The Hall–Kier alpha value is -2.62. The Balaban J connectivity index is 2.01. The first kappa shape index (κ1) is 39.8. The maximum Gasteiger partial charge on any atom is 0.302 e. The number of carbonyl (C=O) groups is 2. The van der Waals surface area contributed by atoms with E-state index >= 15 is 0 Å². The van der Waals surface area contributed by atoms with E-state index in [1.807, 2.05) is 0 Å². The standard InChI is InChI=1S/C44H68O4/c1-30(19-21-39-32(3)17-14-23-42(39,8)9)16-13-25-44(12)37(26-31(2)20-22-40-33(4)18-15-24-43(40,10)11)27-34(5)38(28-47-35(6)45)41(44)29-48-36(7)46/h13,16,19-22,25-26,32,34,37-39,41H,14-15,17-18,23-24,27-29H2,1-12H3/b21-19+,22-20+,25-13+,30-16+,31-26+. The van der Waals surface area contributed by atoms with Crippen LogP contribution in [-0.2, 0) is 19.1 Å². The van der Waals surface area contributed by atoms with Gasteiger partial charge in [0.05, 0.1) is 13.2 Å². The van der Waals surface area contributed by atoms with Gasteiger partial charge in [0.15, 0.2) is 0 Å². The van der Waals surface area contributed by atoms with Gasteiger partial charge in [-0.15, -0.1) is 0 Å². The van der Waals surface area contributed by atoms with Crippen molar-refractivity contribution >= 4 is 11.9 Å². The summed E-state index contributed by atoms with van der Waals surface area (Å²) in [7, 11) is 0. The highest BCUT2D eigenvalue weighted by molar-refractivity contribution is 5.66. The molecule has 4 heteroatoms. The molecule has 48 heavy (non-hydrogen) atoms. The van der Waals surface area contributed by atoms with Crippen molar-refractivity contribution in [2.75, 3.05) is 13.2 Å². The second kappa shape index (κ2) is 16.9. The molecule has 0 aromatic rings. The number of esters is 2. The highest BCUT2D eigenvalue weighted by atomic mass is 16.5. The van der Waals surface area contributed by atoms with Crippen LogP contribution in [0.4, 0.5) is 0 Å². The van der Waals surface area contributed by atoms with E-state index in [-0.39, 0.29) is 46.4 Å². The zero-order valence-electron chi connectivity index (χ0n) is 32.6. The maximum atomic E-state index is 12.1. The van der Waals surface area contributed by atoms with Crippen LogP contribution in [0.3, 0.4) is 0 Å². The first-order valence-electron chi connectivity index (χ1n) is 18.7. The van der Waals surface area contributed by atoms with Gasteiger partial charge in [-0.05, 0) is 98.4 Å². The molecule has 0 saturated heterocycles. The molecule has 3 aliphatic carbocycles. The SMILES string of the molecule is CC(=O)OCC1C(C)CC(/C=C(C)/C=C/C2=C(C)CCCC2(C)C)C(C)(/C=C/C=C(C)/C=C/C2C(C)CCCC2(C)C)C1COC(C)=O. The van der Waals surface area contributed by atoms with Crippen molar-refractivity contribution in [3.63, 3.8) is 0 Å². The Morgan fingerprint density at radius 3 is 2.15 bits per heavy atom. The minimum absolute atomic E-state index is 0.0193. The monoisotopic (exact) mass is 661 g/mol. The van der Waals surface area contributed by atoms with Crippen molar-refractivity contribution in [2.24, 2.45) is 51.8 Å². The van der Waals surface area contributed by atoms with Crippen LogP contribution in [0.2, 0.25) is 0 Å². The predicted octanol–water partition coefficient (Wildman–Crippen LogP) is 11.6. The van der Waals surface area contributed by atoms with E-state index in [2.05, 4.69) is 118 Å². The molecule has 0 aromatic heterocycles. The molecule has 0 heterocycles. The molecule has 268 valence electrons. The molecule has 0 aliphatic heterocycles. The van der Waals surface area contributed by atoms with Crippen molar-refractivity contribution in [2.45, 2.75) is 128 Å². The molecule has 3 aliphatic rings. The second-order valence-corrected chi connectivity index (χ2v) is 17.2. The largest absolute Gasteiger partial charge is 0.466 e. The molecule has 0 N–H and O–H groups in total. The average Bonchev–Trinajstić information content (AvgIpc) is 2.96. The molecular formula is C44H68O4. The summed E-state index contributed by atoms with van der Waals surface area (Å²) in [6.45, 7) is 26.8. The molecule has 0 radical (unpaired) electrons. The van der Waals surface area contributed by atoms with E-state index in [1.165, 1.54) is 74.7 Å². The van der Waals surface area contributed by atoms with Crippen molar-refractivity contribution in [1.82, 2.24) is 0 Å². The van der Waals surface area contributed by atoms with Crippen LogP contribution in [0.25, 0.3) is 0 Å². The van der Waals surface area contributed by atoms with Gasteiger partial charge in [-0.2, -0.15) is 0 Å². The number of allylic oxidation sites excluding steroid dienone is 12. The molecule has 0 amide bonds. The maximum absolute atomic E-state index is 12.1. The van der Waals surface area contributed by atoms with E-state index in [0.29, 0.717) is 30.5 Å². The third-order valence-electron chi connectivity index (χ3n) is 12.3. The van der Waals surface area contributed by atoms with Crippen LogP contribution in [0.5, 0.6) is 0 Å². The molecule has 7 unspecified atom stereocenters. The highest BCUT2D eigenvalue weighted by Gasteiger charge is 2.49. The summed E-state index contributed by atoms with van der Waals surface area (Å²) in [5.41, 5.74) is 5.63. The second-order valence-electron chi connectivity index (χ2n) is 17.2. The van der Waals surface area contributed by atoms with Crippen molar-refractivity contribution in [3.8, 4) is 0 Å². The summed E-state index contributed by atoms with van der Waals surface area (Å²) in [6.07, 6.45) is 27.1. The van der Waals surface area contributed by atoms with Crippen LogP contribution >= 0.6 is 0 Å². The number of ether oxygens (including phenoxy) is 2. The molecule has 2 saturated carbocycles. The summed E-state index contributed by atoms with van der Waals surface area (Å²) < 4.78 is 11.4. The van der Waals surface area contributed by atoms with E-state index < -0.39 is 0 Å². The third-order valence-corrected chi connectivity index (χ3v) is 12.3. The van der Waals surface area contributed by atoms with Gasteiger partial charge < -0.3 is 9.47 Å². The molecule has 0 bridgehead atoms. The lowest BCUT2D eigenvalue weighted by molar-refractivity contribution is -0.153. The number of carbonyl (C=O) groups excluding carboxylic acids is 2. The molecule has 7 atom stereocenters. The smallest absolute Gasteiger partial charge is 0.302 e. The molecule has 4 nitrogen and oxygen atoms in total. The fourth-order valence-electron chi connectivity index (χ4n) is 9.22. The highest BCUT2D eigenvalue weighted by Crippen LogP contribution is 2.53. The van der Waals surface area contributed by atoms with Gasteiger partial charge in [0.1, 0.15) is 0 Å². The quantitative estimate of drug-likeness (QED) is 0.163. The van der Waals surface area contributed by atoms with Gasteiger partial charge in [0.2, 0.25) is 0 Å². The molecule has 0 aromatic carbocycles. The van der Waals surface area contributed by atoms with Gasteiger partial charge >= 0.3 is 11.9 Å². The summed E-state index contributed by atoms with van der Waals surface area (Å²) in [6, 6.07) is 0. The summed E-state index contributed by atoms with van der Waals surface area (Å²) in [5.74, 6) is 1.27. The Morgan fingerprint density at radius 1 is 0.854 bits per heavy atom. The van der Waals surface area contributed by atoms with Gasteiger partial charge in [0, 0.05) is 25.7 Å². The van der Waals surface area contributed by atoms with E-state index in [0.717, 1.165) is 6.42 Å². The van der Waals surface area contributed by atoms with Crippen LogP contribution in [-0.4, -0.2) is 25.2 Å². The Morgan fingerprint density at radius 2 is 1.52 bits per heavy atom. The Bertz CT molecular complexity index is 1320. The first-order chi connectivity index (χ1) is 22.4. The van der Waals surface area contributed by atoms with Crippen LogP contribution < -0.4 is 0 Å². The number of hydrogen-bond acceptors (Lipinski definition) is 4. The fraction of sp³-hybridized carbons (Fsp3) is 0.682. The minimum Gasteiger partial charge on any atom is -0.466 e. The summed E-state index contributed by atoms with van der Waals surface area (Å²) in [5, 5.41) is 0. The van der Waals surface area contributed by atoms with Crippen LogP contribution in [0.1, 0.15) is 128 Å². The Labute approximate surface area is 294 Å². The normalized spacial score (nSPS) is 33.1. The lowest BCUT2D eigenvalue weighted by atomic mass is 9.54. The zero-order valence-corrected chi connectivity index (χ0v) is 32.6. The van der Waals surface area contributed by atoms with Gasteiger partial charge in [-0.25, -0.2) is 0 Å². The summed E-state index contributed by atoms with van der Waals surface area (Å²) in [4.78, 5) is 24.1. The van der Waals surface area contributed by atoms with E-state index in [9.17, 15) is 9.59 Å². The molecular weight excluding hydrogens is 592 g/mol. The predicted molar refractivity (Wildman–Crippen MR) is 201 cm³/mol. The number of rotatable bonds is 11. The van der Waals surface area contributed by atoms with E-state index in [4.69, 9.17) is 9.47 Å². The summed E-state index contributed by atoms with van der Waals surface area (Å²) >= 11 is 0. The lowest BCUT2D eigenvalue weighted by Gasteiger charge is -2.51. The van der Waals surface area contributed by atoms with Crippen molar-refractivity contribution in [3.05, 3.63) is 70.9 Å². The van der Waals surface area contributed by atoms with Gasteiger partial charge in [-0.1, -0.05) is 127 Å². The zero-order chi connectivity index (χ0) is 35.9. The van der Waals surface area contributed by atoms with Crippen LogP contribution in [0.15, 0.2) is 70.9 Å². The molecule has 0 spiro atoms. The number of hydrogen-bond donors (Lipinski definition) is 0. The van der Waals surface area contributed by atoms with Crippen molar-refractivity contribution in [1.29, 1.82) is 0 Å². The van der Waals surface area contributed by atoms with E-state index in [1.54, 1.807) is 0 Å². The lowest BCUT2D eigenvalue weighted by Crippen LogP contribution is -2.49. The average molecular weight is 661 g/mol. The topological polar surface area (TPSA) is 52.6 Å². The first-order valence-corrected chi connectivity index (χ1v) is 18.7. The molecule has 3 rings (SSSR count). The minimum atomic E-state index is -0.332.